The Morgan fingerprint density at radius 3 is 2.33 bits per heavy atom. The lowest BCUT2D eigenvalue weighted by Crippen LogP contribution is -2.43. The fourth-order valence-electron chi connectivity index (χ4n) is 3.14. The number of amides is 2. The predicted octanol–water partition coefficient (Wildman–Crippen LogP) is 2.77. The van der Waals surface area contributed by atoms with E-state index < -0.39 is 0 Å². The molecule has 0 atom stereocenters. The standard InChI is InChI=1S/C21H25N3O3/c1-24-13-11-16(12-14-24)22-21(26)18-5-3-4-6-19(18)23-20(25)15-7-9-17(27-2)10-8-15/h3-10,16H,11-14H2,1-2H3,(H,22,26)(H,23,25). The van der Waals surface area contributed by atoms with Gasteiger partial charge in [0.25, 0.3) is 11.8 Å². The molecule has 2 N–H and O–H groups in total. The molecule has 6 nitrogen and oxygen atoms in total. The van der Waals surface area contributed by atoms with Crippen LogP contribution in [0.5, 0.6) is 5.75 Å². The normalized spacial score (nSPS) is 15.2. The van der Waals surface area contributed by atoms with E-state index in [4.69, 9.17) is 4.74 Å². The number of para-hydroxylation sites is 1. The van der Waals surface area contributed by atoms with Crippen molar-refractivity contribution in [2.45, 2.75) is 18.9 Å². The van der Waals surface area contributed by atoms with E-state index in [1.54, 1.807) is 55.6 Å². The van der Waals surface area contributed by atoms with Crippen LogP contribution in [-0.2, 0) is 0 Å². The quantitative estimate of drug-likeness (QED) is 0.853. The van der Waals surface area contributed by atoms with Gasteiger partial charge in [-0.2, -0.15) is 0 Å². The molecule has 142 valence electrons. The van der Waals surface area contributed by atoms with E-state index in [2.05, 4.69) is 22.6 Å². The van der Waals surface area contributed by atoms with Gasteiger partial charge in [0.05, 0.1) is 18.4 Å². The summed E-state index contributed by atoms with van der Waals surface area (Å²) < 4.78 is 5.11. The smallest absolute Gasteiger partial charge is 0.255 e. The molecule has 1 heterocycles. The molecule has 0 unspecified atom stereocenters. The largest absolute Gasteiger partial charge is 0.497 e. The summed E-state index contributed by atoms with van der Waals surface area (Å²) in [6, 6.07) is 14.1. The molecular weight excluding hydrogens is 342 g/mol. The van der Waals surface area contributed by atoms with Crippen molar-refractivity contribution in [3.05, 3.63) is 59.7 Å². The second kappa shape index (κ2) is 8.68. The monoisotopic (exact) mass is 367 g/mol. The first-order valence-electron chi connectivity index (χ1n) is 9.10. The lowest BCUT2D eigenvalue weighted by atomic mass is 10.0. The number of anilines is 1. The van der Waals surface area contributed by atoms with Gasteiger partial charge in [-0.1, -0.05) is 12.1 Å². The molecule has 0 saturated carbocycles. The van der Waals surface area contributed by atoms with E-state index in [1.165, 1.54) is 0 Å². The Bertz CT molecular complexity index is 797. The number of carbonyl (C=O) groups excluding carboxylic acids is 2. The van der Waals surface area contributed by atoms with E-state index in [-0.39, 0.29) is 17.9 Å². The first-order valence-corrected chi connectivity index (χ1v) is 9.10. The number of rotatable bonds is 5. The zero-order chi connectivity index (χ0) is 19.2. The highest BCUT2D eigenvalue weighted by Gasteiger charge is 2.21. The van der Waals surface area contributed by atoms with Gasteiger partial charge >= 0.3 is 0 Å². The van der Waals surface area contributed by atoms with Crippen molar-refractivity contribution in [3.8, 4) is 5.75 Å². The van der Waals surface area contributed by atoms with Crippen molar-refractivity contribution in [2.75, 3.05) is 32.6 Å². The van der Waals surface area contributed by atoms with Crippen LogP contribution in [0.2, 0.25) is 0 Å². The van der Waals surface area contributed by atoms with Gasteiger partial charge in [-0.25, -0.2) is 0 Å². The molecule has 1 fully saturated rings. The molecule has 1 aliphatic rings. The number of hydrogen-bond acceptors (Lipinski definition) is 4. The average molecular weight is 367 g/mol. The number of carbonyl (C=O) groups is 2. The topological polar surface area (TPSA) is 70.7 Å². The number of likely N-dealkylation sites (tertiary alicyclic amines) is 1. The minimum Gasteiger partial charge on any atom is -0.497 e. The summed E-state index contributed by atoms with van der Waals surface area (Å²) in [7, 11) is 3.66. The minimum absolute atomic E-state index is 0.157. The molecule has 2 aromatic carbocycles. The molecule has 27 heavy (non-hydrogen) atoms. The summed E-state index contributed by atoms with van der Waals surface area (Å²) in [6.45, 7) is 1.95. The second-order valence-corrected chi connectivity index (χ2v) is 6.78. The van der Waals surface area contributed by atoms with Crippen LogP contribution in [0.1, 0.15) is 33.6 Å². The second-order valence-electron chi connectivity index (χ2n) is 6.78. The summed E-state index contributed by atoms with van der Waals surface area (Å²) in [5.41, 5.74) is 1.48. The Labute approximate surface area is 159 Å². The molecule has 3 rings (SSSR count). The van der Waals surface area contributed by atoms with E-state index in [9.17, 15) is 9.59 Å². The van der Waals surface area contributed by atoms with Crippen LogP contribution in [0.3, 0.4) is 0 Å². The SMILES string of the molecule is COc1ccc(C(=O)Nc2ccccc2C(=O)NC2CCN(C)CC2)cc1. The van der Waals surface area contributed by atoms with Gasteiger partial charge in [0.2, 0.25) is 0 Å². The summed E-state index contributed by atoms with van der Waals surface area (Å²) >= 11 is 0. The van der Waals surface area contributed by atoms with Gasteiger partial charge in [0.1, 0.15) is 5.75 Å². The van der Waals surface area contributed by atoms with Crippen LogP contribution in [-0.4, -0.2) is 50.0 Å². The molecule has 1 saturated heterocycles. The number of methoxy groups -OCH3 is 1. The molecule has 0 radical (unpaired) electrons. The van der Waals surface area contributed by atoms with E-state index in [1.807, 2.05) is 0 Å². The van der Waals surface area contributed by atoms with Gasteiger partial charge in [0.15, 0.2) is 0 Å². The highest BCUT2D eigenvalue weighted by atomic mass is 16.5. The van der Waals surface area contributed by atoms with Crippen molar-refractivity contribution >= 4 is 17.5 Å². The first kappa shape index (κ1) is 18.9. The Morgan fingerprint density at radius 2 is 1.67 bits per heavy atom. The average Bonchev–Trinajstić information content (AvgIpc) is 2.70. The van der Waals surface area contributed by atoms with Gasteiger partial charge in [0, 0.05) is 11.6 Å². The van der Waals surface area contributed by atoms with E-state index in [0.717, 1.165) is 25.9 Å². The van der Waals surface area contributed by atoms with Gasteiger partial charge < -0.3 is 20.3 Å². The molecule has 0 spiro atoms. The van der Waals surface area contributed by atoms with Crippen LogP contribution in [0.15, 0.2) is 48.5 Å². The lowest BCUT2D eigenvalue weighted by Gasteiger charge is -2.29. The molecule has 2 aromatic rings. The zero-order valence-corrected chi connectivity index (χ0v) is 15.7. The molecule has 1 aliphatic heterocycles. The maximum atomic E-state index is 12.7. The van der Waals surface area contributed by atoms with Crippen molar-refractivity contribution in [2.24, 2.45) is 0 Å². The molecule has 2 amide bonds. The Hall–Kier alpha value is -2.86. The van der Waals surface area contributed by atoms with Crippen LogP contribution < -0.4 is 15.4 Å². The summed E-state index contributed by atoms with van der Waals surface area (Å²) in [4.78, 5) is 27.5. The number of nitrogens with one attached hydrogen (secondary N) is 2. The predicted molar refractivity (Wildman–Crippen MR) is 105 cm³/mol. The number of benzene rings is 2. The van der Waals surface area contributed by atoms with E-state index in [0.29, 0.717) is 22.6 Å². The third-order valence-electron chi connectivity index (χ3n) is 4.83. The van der Waals surface area contributed by atoms with Crippen molar-refractivity contribution in [1.82, 2.24) is 10.2 Å². The van der Waals surface area contributed by atoms with Crippen molar-refractivity contribution in [1.29, 1.82) is 0 Å². The van der Waals surface area contributed by atoms with Crippen LogP contribution in [0.4, 0.5) is 5.69 Å². The molecule has 0 bridgehead atoms. The third kappa shape index (κ3) is 4.86. The fourth-order valence-corrected chi connectivity index (χ4v) is 3.14. The summed E-state index contributed by atoms with van der Waals surface area (Å²) in [6.07, 6.45) is 1.87. The highest BCUT2D eigenvalue weighted by Crippen LogP contribution is 2.19. The maximum Gasteiger partial charge on any atom is 0.255 e. The first-order chi connectivity index (χ1) is 13.1. The maximum absolute atomic E-state index is 12.7. The highest BCUT2D eigenvalue weighted by molar-refractivity contribution is 6.09. The number of piperidine rings is 1. The molecule has 0 aromatic heterocycles. The number of hydrogen-bond donors (Lipinski definition) is 2. The lowest BCUT2D eigenvalue weighted by molar-refractivity contribution is 0.0917. The van der Waals surface area contributed by atoms with Crippen LogP contribution >= 0.6 is 0 Å². The Balaban J connectivity index is 1.69. The molecule has 6 heteroatoms. The number of ether oxygens (including phenoxy) is 1. The number of nitrogens with zero attached hydrogens (tertiary/aromatic N) is 1. The van der Waals surface area contributed by atoms with Crippen molar-refractivity contribution < 1.29 is 14.3 Å². The van der Waals surface area contributed by atoms with Crippen LogP contribution in [0.25, 0.3) is 0 Å². The van der Waals surface area contributed by atoms with Crippen LogP contribution in [0, 0.1) is 0 Å². The fraction of sp³-hybridized carbons (Fsp3) is 0.333. The van der Waals surface area contributed by atoms with Gasteiger partial charge in [-0.05, 0) is 69.4 Å². The minimum atomic E-state index is -0.266. The molecular formula is C21H25N3O3. The zero-order valence-electron chi connectivity index (χ0n) is 15.7. The van der Waals surface area contributed by atoms with Gasteiger partial charge in [-0.3, -0.25) is 9.59 Å². The Kier molecular flexibility index (Phi) is 6.08. The van der Waals surface area contributed by atoms with E-state index >= 15 is 0 Å². The van der Waals surface area contributed by atoms with Gasteiger partial charge in [-0.15, -0.1) is 0 Å². The third-order valence-corrected chi connectivity index (χ3v) is 4.83. The molecule has 0 aliphatic carbocycles. The van der Waals surface area contributed by atoms with Crippen molar-refractivity contribution in [3.63, 3.8) is 0 Å². The summed E-state index contributed by atoms with van der Waals surface area (Å²) in [5.74, 6) is 0.261. The summed E-state index contributed by atoms with van der Waals surface area (Å²) in [5, 5.41) is 5.93. The Morgan fingerprint density at radius 1 is 1.00 bits per heavy atom.